The molecule has 0 heterocycles. The number of hydrogen-bond donors (Lipinski definition) is 2. The lowest BCUT2D eigenvalue weighted by atomic mass is 10.1. The van der Waals surface area contributed by atoms with Crippen LogP contribution in [0.2, 0.25) is 0 Å². The number of nitrogens with zero attached hydrogens (tertiary/aromatic N) is 1. The number of anilines is 1. The molecule has 0 aliphatic heterocycles. The van der Waals surface area contributed by atoms with E-state index in [4.69, 9.17) is 0 Å². The summed E-state index contributed by atoms with van der Waals surface area (Å²) in [6.45, 7) is 9.96. The summed E-state index contributed by atoms with van der Waals surface area (Å²) in [6.07, 6.45) is 0. The summed E-state index contributed by atoms with van der Waals surface area (Å²) in [5.41, 5.74) is 2.21. The molecule has 0 aliphatic carbocycles. The molecule has 0 radical (unpaired) electrons. The largest absolute Gasteiger partial charge is 0.325 e. The number of benzene rings is 2. The third-order valence-electron chi connectivity index (χ3n) is 4.97. The van der Waals surface area contributed by atoms with Crippen LogP contribution in [0.5, 0.6) is 0 Å². The van der Waals surface area contributed by atoms with E-state index in [1.165, 1.54) is 10.4 Å². The van der Waals surface area contributed by atoms with Gasteiger partial charge in [-0.3, -0.25) is 10.1 Å². The van der Waals surface area contributed by atoms with Gasteiger partial charge in [0.1, 0.15) is 0 Å². The van der Waals surface area contributed by atoms with Gasteiger partial charge in [-0.1, -0.05) is 50.2 Å². The molecule has 29 heavy (non-hydrogen) atoms. The molecule has 2 aromatic rings. The lowest BCUT2D eigenvalue weighted by Crippen LogP contribution is -2.39. The van der Waals surface area contributed by atoms with Crippen LogP contribution < -0.4 is 10.6 Å². The Morgan fingerprint density at radius 1 is 1.03 bits per heavy atom. The maximum absolute atomic E-state index is 12.9. The van der Waals surface area contributed by atoms with Crippen LogP contribution in [-0.2, 0) is 14.8 Å². The average molecular weight is 418 g/mol. The van der Waals surface area contributed by atoms with Crippen molar-refractivity contribution in [2.75, 3.05) is 18.4 Å². The van der Waals surface area contributed by atoms with Gasteiger partial charge >= 0.3 is 0 Å². The molecule has 0 bridgehead atoms. The van der Waals surface area contributed by atoms with Crippen molar-refractivity contribution in [3.63, 3.8) is 0 Å². The zero-order valence-electron chi connectivity index (χ0n) is 17.8. The maximum atomic E-state index is 12.9. The number of carbonyl (C=O) groups is 1. The normalized spacial score (nSPS) is 13.9. The van der Waals surface area contributed by atoms with E-state index in [1.807, 2.05) is 51.1 Å². The van der Waals surface area contributed by atoms with Crippen LogP contribution in [0.3, 0.4) is 0 Å². The van der Waals surface area contributed by atoms with Gasteiger partial charge < -0.3 is 5.32 Å². The monoisotopic (exact) mass is 417 g/mol. The number of amides is 1. The minimum atomic E-state index is -3.60. The Morgan fingerprint density at radius 2 is 1.66 bits per heavy atom. The molecule has 2 N–H and O–H groups in total. The highest BCUT2D eigenvalue weighted by atomic mass is 32.2. The van der Waals surface area contributed by atoms with Crippen molar-refractivity contribution < 1.29 is 13.2 Å². The lowest BCUT2D eigenvalue weighted by Gasteiger charge is -2.22. The van der Waals surface area contributed by atoms with Crippen molar-refractivity contribution >= 4 is 21.6 Å². The van der Waals surface area contributed by atoms with Crippen molar-refractivity contribution in [3.8, 4) is 0 Å². The SMILES string of the molecule is CCN(CC)S(=O)(=O)c1cc(NC(=O)[C@@H](C)N[C@@H](C)c2ccccc2)ccc1C. The Morgan fingerprint density at radius 3 is 2.24 bits per heavy atom. The lowest BCUT2D eigenvalue weighted by molar-refractivity contribution is -0.117. The molecule has 2 atom stereocenters. The molecule has 0 aromatic heterocycles. The Hall–Kier alpha value is -2.22. The number of nitrogens with one attached hydrogen (secondary N) is 2. The summed E-state index contributed by atoms with van der Waals surface area (Å²) in [6, 6.07) is 14.4. The first-order chi connectivity index (χ1) is 13.7. The van der Waals surface area contributed by atoms with E-state index >= 15 is 0 Å². The predicted octanol–water partition coefficient (Wildman–Crippen LogP) is 3.70. The second kappa shape index (κ2) is 10.0. The summed E-state index contributed by atoms with van der Waals surface area (Å²) in [5, 5.41) is 6.10. The second-order valence-electron chi connectivity index (χ2n) is 7.08. The van der Waals surface area contributed by atoms with Gasteiger partial charge in [0, 0.05) is 24.8 Å². The zero-order chi connectivity index (χ0) is 21.6. The van der Waals surface area contributed by atoms with E-state index in [1.54, 1.807) is 26.0 Å². The number of hydrogen-bond acceptors (Lipinski definition) is 4. The third kappa shape index (κ3) is 5.65. The van der Waals surface area contributed by atoms with Crippen LogP contribution in [0.4, 0.5) is 5.69 Å². The highest BCUT2D eigenvalue weighted by molar-refractivity contribution is 7.89. The van der Waals surface area contributed by atoms with E-state index in [2.05, 4.69) is 10.6 Å². The molecular weight excluding hydrogens is 386 g/mol. The fourth-order valence-electron chi connectivity index (χ4n) is 3.20. The Balaban J connectivity index is 2.14. The van der Waals surface area contributed by atoms with Gasteiger partial charge in [-0.05, 0) is 44.0 Å². The van der Waals surface area contributed by atoms with Gasteiger partial charge in [0.2, 0.25) is 15.9 Å². The van der Waals surface area contributed by atoms with Crippen molar-refractivity contribution in [2.45, 2.75) is 51.6 Å². The first-order valence-electron chi connectivity index (χ1n) is 9.93. The van der Waals surface area contributed by atoms with Crippen LogP contribution in [-0.4, -0.2) is 37.8 Å². The average Bonchev–Trinajstić information content (AvgIpc) is 2.70. The fraction of sp³-hybridized carbons (Fsp3) is 0.409. The summed E-state index contributed by atoms with van der Waals surface area (Å²) in [7, 11) is -3.60. The minimum Gasteiger partial charge on any atom is -0.325 e. The standard InChI is InChI=1S/C22H31N3O3S/c1-6-25(7-2)29(27,28)21-15-20(14-13-16(21)3)24-22(26)18(5)23-17(4)19-11-9-8-10-12-19/h8-15,17-18,23H,6-7H2,1-5H3,(H,24,26)/t17-,18+/m0/s1. The number of rotatable bonds is 9. The fourth-order valence-corrected chi connectivity index (χ4v) is 4.91. The van der Waals surface area contributed by atoms with Crippen LogP contribution in [0.15, 0.2) is 53.4 Å². The maximum Gasteiger partial charge on any atom is 0.243 e. The topological polar surface area (TPSA) is 78.5 Å². The van der Waals surface area contributed by atoms with Crippen LogP contribution in [0, 0.1) is 6.92 Å². The molecule has 158 valence electrons. The van der Waals surface area contributed by atoms with Gasteiger partial charge in [0.25, 0.3) is 0 Å². The van der Waals surface area contributed by atoms with E-state index in [-0.39, 0.29) is 16.8 Å². The first kappa shape index (κ1) is 23.1. The number of carbonyl (C=O) groups excluding carboxylic acids is 1. The quantitative estimate of drug-likeness (QED) is 0.652. The smallest absolute Gasteiger partial charge is 0.243 e. The molecule has 0 saturated carbocycles. The molecule has 0 spiro atoms. The van der Waals surface area contributed by atoms with Gasteiger partial charge in [-0.15, -0.1) is 0 Å². The molecule has 0 aliphatic rings. The van der Waals surface area contributed by atoms with E-state index in [0.29, 0.717) is 24.3 Å². The zero-order valence-corrected chi connectivity index (χ0v) is 18.6. The number of sulfonamides is 1. The minimum absolute atomic E-state index is 0.00794. The second-order valence-corrected chi connectivity index (χ2v) is 8.99. The third-order valence-corrected chi connectivity index (χ3v) is 7.16. The molecule has 2 aromatic carbocycles. The predicted molar refractivity (Wildman–Crippen MR) is 117 cm³/mol. The Labute approximate surface area is 174 Å². The van der Waals surface area contributed by atoms with Crippen LogP contribution >= 0.6 is 0 Å². The highest BCUT2D eigenvalue weighted by Gasteiger charge is 2.24. The van der Waals surface area contributed by atoms with Gasteiger partial charge in [0.05, 0.1) is 10.9 Å². The molecule has 0 fully saturated rings. The van der Waals surface area contributed by atoms with E-state index in [9.17, 15) is 13.2 Å². The van der Waals surface area contributed by atoms with Crippen molar-refractivity contribution in [1.82, 2.24) is 9.62 Å². The number of aryl methyl sites for hydroxylation is 1. The first-order valence-corrected chi connectivity index (χ1v) is 11.4. The highest BCUT2D eigenvalue weighted by Crippen LogP contribution is 2.24. The summed E-state index contributed by atoms with van der Waals surface area (Å²) >= 11 is 0. The molecule has 2 rings (SSSR count). The van der Waals surface area contributed by atoms with Gasteiger partial charge in [-0.25, -0.2) is 8.42 Å². The van der Waals surface area contributed by atoms with E-state index in [0.717, 1.165) is 5.56 Å². The summed E-state index contributed by atoms with van der Waals surface area (Å²) < 4.78 is 27.2. The molecular formula is C22H31N3O3S. The van der Waals surface area contributed by atoms with Crippen molar-refractivity contribution in [3.05, 3.63) is 59.7 Å². The molecule has 1 amide bonds. The summed E-state index contributed by atoms with van der Waals surface area (Å²) in [5.74, 6) is -0.220. The Bertz CT molecular complexity index is 926. The van der Waals surface area contributed by atoms with Crippen molar-refractivity contribution in [1.29, 1.82) is 0 Å². The van der Waals surface area contributed by atoms with Gasteiger partial charge in [-0.2, -0.15) is 4.31 Å². The van der Waals surface area contributed by atoms with Crippen LogP contribution in [0.1, 0.15) is 44.9 Å². The van der Waals surface area contributed by atoms with E-state index < -0.39 is 16.1 Å². The molecule has 0 saturated heterocycles. The molecule has 6 nitrogen and oxygen atoms in total. The molecule has 7 heteroatoms. The van der Waals surface area contributed by atoms with Crippen molar-refractivity contribution in [2.24, 2.45) is 0 Å². The molecule has 0 unspecified atom stereocenters. The van der Waals surface area contributed by atoms with Gasteiger partial charge in [0.15, 0.2) is 0 Å². The Kier molecular flexibility index (Phi) is 7.96. The summed E-state index contributed by atoms with van der Waals surface area (Å²) in [4.78, 5) is 12.9. The van der Waals surface area contributed by atoms with Crippen LogP contribution in [0.25, 0.3) is 0 Å².